The first-order valence-electron chi connectivity index (χ1n) is 7.75. The second-order valence-electron chi connectivity index (χ2n) is 5.74. The Kier molecular flexibility index (Phi) is 6.21. The number of amides is 1. The molecule has 0 saturated heterocycles. The Morgan fingerprint density at radius 3 is 2.64 bits per heavy atom. The topological polar surface area (TPSA) is 67.8 Å². The van der Waals surface area contributed by atoms with Gasteiger partial charge in [-0.25, -0.2) is 0 Å². The van der Waals surface area contributed by atoms with Crippen molar-refractivity contribution in [3.63, 3.8) is 0 Å². The van der Waals surface area contributed by atoms with Crippen LogP contribution in [0.1, 0.15) is 24.8 Å². The molecule has 5 nitrogen and oxygen atoms in total. The maximum Gasteiger partial charge on any atom is 0.223 e. The minimum atomic E-state index is -0.451. The number of ether oxygens (including phenoxy) is 2. The molecule has 122 valence electrons. The van der Waals surface area contributed by atoms with E-state index >= 15 is 0 Å². The molecule has 0 unspecified atom stereocenters. The van der Waals surface area contributed by atoms with Crippen LogP contribution in [0.5, 0.6) is 5.75 Å². The van der Waals surface area contributed by atoms with E-state index in [0.29, 0.717) is 19.4 Å². The first-order valence-corrected chi connectivity index (χ1v) is 7.75. The molecular formula is C17H25NO4. The zero-order chi connectivity index (χ0) is 15.9. The van der Waals surface area contributed by atoms with Crippen molar-refractivity contribution in [1.82, 2.24) is 5.32 Å². The first-order chi connectivity index (χ1) is 10.6. The molecule has 1 fully saturated rings. The summed E-state index contributed by atoms with van der Waals surface area (Å²) in [6.45, 7) is 0.613. The third-order valence-corrected chi connectivity index (χ3v) is 4.30. The van der Waals surface area contributed by atoms with Crippen molar-refractivity contribution in [2.75, 3.05) is 20.8 Å². The molecule has 1 aliphatic carbocycles. The lowest BCUT2D eigenvalue weighted by Gasteiger charge is -2.31. The largest absolute Gasteiger partial charge is 0.497 e. The van der Waals surface area contributed by atoms with Crippen LogP contribution in [0.2, 0.25) is 0 Å². The van der Waals surface area contributed by atoms with Crippen LogP contribution < -0.4 is 10.1 Å². The van der Waals surface area contributed by atoms with Gasteiger partial charge in [0.05, 0.1) is 19.3 Å². The average molecular weight is 307 g/mol. The van der Waals surface area contributed by atoms with Crippen LogP contribution in [0.4, 0.5) is 0 Å². The van der Waals surface area contributed by atoms with Gasteiger partial charge in [0.1, 0.15) is 5.75 Å². The number of hydrogen-bond donors (Lipinski definition) is 2. The van der Waals surface area contributed by atoms with Crippen LogP contribution in [-0.4, -0.2) is 44.0 Å². The van der Waals surface area contributed by atoms with Gasteiger partial charge in [0.2, 0.25) is 5.91 Å². The van der Waals surface area contributed by atoms with Gasteiger partial charge in [-0.1, -0.05) is 12.1 Å². The quantitative estimate of drug-likeness (QED) is 0.836. The van der Waals surface area contributed by atoms with Crippen LogP contribution in [0.3, 0.4) is 0 Å². The summed E-state index contributed by atoms with van der Waals surface area (Å²) in [4.78, 5) is 12.2. The number of carbonyl (C=O) groups excluding carboxylic acids is 1. The van der Waals surface area contributed by atoms with Gasteiger partial charge in [0.25, 0.3) is 0 Å². The number of methoxy groups -OCH3 is 2. The summed E-state index contributed by atoms with van der Waals surface area (Å²) in [5.74, 6) is 0.825. The minimum absolute atomic E-state index is 0.0578. The molecule has 0 aliphatic heterocycles. The Bertz CT molecular complexity index is 474. The molecule has 1 aromatic rings. The van der Waals surface area contributed by atoms with Gasteiger partial charge < -0.3 is 19.9 Å². The van der Waals surface area contributed by atoms with Crippen molar-refractivity contribution < 1.29 is 19.4 Å². The molecule has 1 aliphatic rings. The molecule has 0 radical (unpaired) electrons. The predicted molar refractivity (Wildman–Crippen MR) is 83.9 cm³/mol. The van der Waals surface area contributed by atoms with Gasteiger partial charge in [-0.3, -0.25) is 4.79 Å². The zero-order valence-electron chi connectivity index (χ0n) is 13.2. The van der Waals surface area contributed by atoms with Crippen LogP contribution in [-0.2, 0) is 16.0 Å². The fourth-order valence-corrected chi connectivity index (χ4v) is 2.87. The molecule has 1 aromatic carbocycles. The predicted octanol–water partition coefficient (Wildman–Crippen LogP) is 1.53. The monoisotopic (exact) mass is 307 g/mol. The highest BCUT2D eigenvalue weighted by molar-refractivity contribution is 5.78. The molecule has 0 spiro atoms. The number of nitrogens with one attached hydrogen (secondary N) is 1. The smallest absolute Gasteiger partial charge is 0.223 e. The van der Waals surface area contributed by atoms with Crippen molar-refractivity contribution in [1.29, 1.82) is 0 Å². The maximum absolute atomic E-state index is 12.2. The molecule has 0 aromatic heterocycles. The van der Waals surface area contributed by atoms with E-state index in [1.807, 2.05) is 24.3 Å². The SMILES string of the molecule is COc1ccc(CCNC(=O)[C@@H]2CC[C@H](O)[C@H](OC)C2)cc1. The summed E-state index contributed by atoms with van der Waals surface area (Å²) >= 11 is 0. The second-order valence-corrected chi connectivity index (χ2v) is 5.74. The Labute approximate surface area is 131 Å². The lowest BCUT2D eigenvalue weighted by atomic mass is 9.84. The van der Waals surface area contributed by atoms with E-state index in [9.17, 15) is 9.90 Å². The Hall–Kier alpha value is -1.59. The molecule has 2 N–H and O–H groups in total. The summed E-state index contributed by atoms with van der Waals surface area (Å²) in [6.07, 6.45) is 2.04. The van der Waals surface area contributed by atoms with Crippen molar-refractivity contribution >= 4 is 5.91 Å². The molecule has 3 atom stereocenters. The van der Waals surface area contributed by atoms with Gasteiger partial charge in [-0.2, -0.15) is 0 Å². The van der Waals surface area contributed by atoms with Gasteiger partial charge in [0.15, 0.2) is 0 Å². The summed E-state index contributed by atoms with van der Waals surface area (Å²) in [5.41, 5.74) is 1.16. The van der Waals surface area contributed by atoms with Crippen LogP contribution >= 0.6 is 0 Å². The fourth-order valence-electron chi connectivity index (χ4n) is 2.87. The molecule has 5 heteroatoms. The molecule has 1 saturated carbocycles. The number of aliphatic hydroxyl groups excluding tert-OH is 1. The van der Waals surface area contributed by atoms with Crippen molar-refractivity contribution in [3.8, 4) is 5.75 Å². The van der Waals surface area contributed by atoms with E-state index in [1.165, 1.54) is 0 Å². The van der Waals surface area contributed by atoms with Gasteiger partial charge >= 0.3 is 0 Å². The van der Waals surface area contributed by atoms with E-state index in [-0.39, 0.29) is 17.9 Å². The Morgan fingerprint density at radius 2 is 2.00 bits per heavy atom. The summed E-state index contributed by atoms with van der Waals surface area (Å²) in [7, 11) is 3.22. The molecule has 1 amide bonds. The standard InChI is InChI=1S/C17H25NO4/c1-21-14-6-3-12(4-7-14)9-10-18-17(20)13-5-8-15(19)16(11-13)22-2/h3-4,6-7,13,15-16,19H,5,8-11H2,1-2H3,(H,18,20)/t13-,15+,16-/m1/s1. The third-order valence-electron chi connectivity index (χ3n) is 4.30. The third kappa shape index (κ3) is 4.45. The van der Waals surface area contributed by atoms with E-state index in [1.54, 1.807) is 14.2 Å². The fraction of sp³-hybridized carbons (Fsp3) is 0.588. The van der Waals surface area contributed by atoms with Crippen LogP contribution in [0.25, 0.3) is 0 Å². The zero-order valence-corrected chi connectivity index (χ0v) is 13.2. The van der Waals surface area contributed by atoms with Crippen LogP contribution in [0.15, 0.2) is 24.3 Å². The number of aliphatic hydroxyl groups is 1. The van der Waals surface area contributed by atoms with E-state index in [2.05, 4.69) is 5.32 Å². The van der Waals surface area contributed by atoms with Crippen molar-refractivity contribution in [2.45, 2.75) is 37.9 Å². The average Bonchev–Trinajstić information content (AvgIpc) is 2.55. The number of rotatable bonds is 6. The molecular weight excluding hydrogens is 282 g/mol. The summed E-state index contributed by atoms with van der Waals surface area (Å²) in [5, 5.41) is 12.8. The molecule has 2 rings (SSSR count). The summed E-state index contributed by atoms with van der Waals surface area (Å²) < 4.78 is 10.4. The molecule has 0 heterocycles. The highest BCUT2D eigenvalue weighted by atomic mass is 16.5. The number of hydrogen-bond acceptors (Lipinski definition) is 4. The first kappa shape index (κ1) is 16.8. The second kappa shape index (κ2) is 8.15. The summed E-state index contributed by atoms with van der Waals surface area (Å²) in [6, 6.07) is 7.84. The Morgan fingerprint density at radius 1 is 1.27 bits per heavy atom. The molecule has 22 heavy (non-hydrogen) atoms. The number of benzene rings is 1. The maximum atomic E-state index is 12.2. The van der Waals surface area contributed by atoms with Gasteiger partial charge in [-0.05, 0) is 43.4 Å². The highest BCUT2D eigenvalue weighted by Gasteiger charge is 2.32. The normalized spacial score (nSPS) is 24.8. The van der Waals surface area contributed by atoms with E-state index in [4.69, 9.17) is 9.47 Å². The van der Waals surface area contributed by atoms with Crippen molar-refractivity contribution in [2.24, 2.45) is 5.92 Å². The van der Waals surface area contributed by atoms with Gasteiger partial charge in [0, 0.05) is 19.6 Å². The molecule has 0 bridgehead atoms. The number of carbonyl (C=O) groups is 1. The van der Waals surface area contributed by atoms with E-state index in [0.717, 1.165) is 24.2 Å². The highest BCUT2D eigenvalue weighted by Crippen LogP contribution is 2.26. The van der Waals surface area contributed by atoms with Gasteiger partial charge in [-0.15, -0.1) is 0 Å². The van der Waals surface area contributed by atoms with Crippen LogP contribution in [0, 0.1) is 5.92 Å². The lowest BCUT2D eigenvalue weighted by molar-refractivity contribution is -0.130. The van der Waals surface area contributed by atoms with E-state index < -0.39 is 6.10 Å². The lowest BCUT2D eigenvalue weighted by Crippen LogP contribution is -2.41. The van der Waals surface area contributed by atoms with Crippen molar-refractivity contribution in [3.05, 3.63) is 29.8 Å². The Balaban J connectivity index is 1.75. The minimum Gasteiger partial charge on any atom is -0.497 e.